The van der Waals surface area contributed by atoms with Gasteiger partial charge in [-0.05, 0) is 29.3 Å². The molecule has 6 nitrogen and oxygen atoms in total. The SMILES string of the molecule is Nc1nc2c(-c3ccccc3)c(-c3ccccc3)[nH]n2c(=O)c1-c1ccc2ncccc2c1. The molecule has 158 valence electrons. The summed E-state index contributed by atoms with van der Waals surface area (Å²) in [5, 5.41) is 4.23. The van der Waals surface area contributed by atoms with E-state index in [9.17, 15) is 4.79 Å². The molecule has 0 fully saturated rings. The summed E-state index contributed by atoms with van der Waals surface area (Å²) in [7, 11) is 0. The van der Waals surface area contributed by atoms with Gasteiger partial charge in [-0.3, -0.25) is 14.9 Å². The quantitative estimate of drug-likeness (QED) is 0.407. The summed E-state index contributed by atoms with van der Waals surface area (Å²) >= 11 is 0. The van der Waals surface area contributed by atoms with Gasteiger partial charge in [-0.15, -0.1) is 0 Å². The van der Waals surface area contributed by atoms with Gasteiger partial charge in [0.2, 0.25) is 0 Å². The minimum atomic E-state index is -0.250. The molecule has 6 heteroatoms. The first kappa shape index (κ1) is 19.0. The average molecular weight is 429 g/mol. The first-order valence-corrected chi connectivity index (χ1v) is 10.6. The van der Waals surface area contributed by atoms with Gasteiger partial charge in [0.05, 0.1) is 22.3 Å². The minimum Gasteiger partial charge on any atom is -0.383 e. The van der Waals surface area contributed by atoms with E-state index in [0.717, 1.165) is 33.3 Å². The van der Waals surface area contributed by atoms with Gasteiger partial charge in [0, 0.05) is 17.1 Å². The molecule has 0 bridgehead atoms. The molecule has 3 N–H and O–H groups in total. The third-order valence-electron chi connectivity index (χ3n) is 5.83. The zero-order valence-electron chi connectivity index (χ0n) is 17.6. The molecule has 0 unspecified atom stereocenters. The van der Waals surface area contributed by atoms with Crippen molar-refractivity contribution in [2.45, 2.75) is 0 Å². The maximum Gasteiger partial charge on any atom is 0.282 e. The number of rotatable bonds is 3. The molecule has 0 aliphatic heterocycles. The number of H-pyrrole nitrogens is 1. The monoisotopic (exact) mass is 429 g/mol. The van der Waals surface area contributed by atoms with Gasteiger partial charge in [0.25, 0.3) is 5.56 Å². The number of benzene rings is 3. The van der Waals surface area contributed by atoms with Gasteiger partial charge in [-0.1, -0.05) is 72.8 Å². The van der Waals surface area contributed by atoms with E-state index in [1.807, 2.05) is 91.0 Å². The Morgan fingerprint density at radius 3 is 2.24 bits per heavy atom. The molecular formula is C27H19N5O. The van der Waals surface area contributed by atoms with Crippen LogP contribution in [0, 0.1) is 0 Å². The predicted molar refractivity (Wildman–Crippen MR) is 132 cm³/mol. The first-order chi connectivity index (χ1) is 16.2. The summed E-state index contributed by atoms with van der Waals surface area (Å²) in [6.45, 7) is 0. The van der Waals surface area contributed by atoms with Crippen molar-refractivity contribution in [3.05, 3.63) is 108 Å². The lowest BCUT2D eigenvalue weighted by atomic mass is 10.0. The van der Waals surface area contributed by atoms with Crippen LogP contribution in [0.15, 0.2) is 102 Å². The van der Waals surface area contributed by atoms with Gasteiger partial charge in [-0.2, -0.15) is 4.52 Å². The molecule has 0 spiro atoms. The van der Waals surface area contributed by atoms with Gasteiger partial charge >= 0.3 is 0 Å². The average Bonchev–Trinajstić information content (AvgIpc) is 3.24. The van der Waals surface area contributed by atoms with Crippen molar-refractivity contribution in [1.29, 1.82) is 0 Å². The van der Waals surface area contributed by atoms with Gasteiger partial charge in [0.1, 0.15) is 5.82 Å². The standard InChI is InChI=1S/C27H19N5O/c28-25-23(20-13-14-21-19(16-20)12-7-15-29-21)27(33)32-26(30-25)22(17-8-3-1-4-9-17)24(31-32)18-10-5-2-6-11-18/h1-16,31H,28H2. The van der Waals surface area contributed by atoms with Gasteiger partial charge < -0.3 is 5.73 Å². The van der Waals surface area contributed by atoms with Crippen molar-refractivity contribution in [2.24, 2.45) is 0 Å². The molecule has 3 aromatic carbocycles. The number of fused-ring (bicyclic) bond motifs is 2. The third kappa shape index (κ3) is 3.08. The highest BCUT2D eigenvalue weighted by Crippen LogP contribution is 2.35. The summed E-state index contributed by atoms with van der Waals surface area (Å²) in [6, 6.07) is 29.3. The molecule has 0 saturated carbocycles. The summed E-state index contributed by atoms with van der Waals surface area (Å²) in [4.78, 5) is 22.8. The molecular weight excluding hydrogens is 410 g/mol. The molecule has 6 aromatic rings. The van der Waals surface area contributed by atoms with Crippen LogP contribution in [0.4, 0.5) is 5.82 Å². The summed E-state index contributed by atoms with van der Waals surface area (Å²) in [5.74, 6) is 0.194. The van der Waals surface area contributed by atoms with E-state index >= 15 is 0 Å². The Morgan fingerprint density at radius 1 is 0.758 bits per heavy atom. The van der Waals surface area contributed by atoms with Gasteiger partial charge in [0.15, 0.2) is 5.65 Å². The molecule has 33 heavy (non-hydrogen) atoms. The van der Waals surface area contributed by atoms with Crippen LogP contribution in [0.25, 0.3) is 50.1 Å². The first-order valence-electron chi connectivity index (χ1n) is 10.6. The Kier molecular flexibility index (Phi) is 4.30. The highest BCUT2D eigenvalue weighted by molar-refractivity contribution is 5.92. The van der Waals surface area contributed by atoms with Crippen LogP contribution < -0.4 is 11.3 Å². The number of hydrogen-bond acceptors (Lipinski definition) is 4. The fourth-order valence-electron chi connectivity index (χ4n) is 4.28. The third-order valence-corrected chi connectivity index (χ3v) is 5.83. The van der Waals surface area contributed by atoms with Crippen LogP contribution in [0.5, 0.6) is 0 Å². The molecule has 0 aliphatic rings. The van der Waals surface area contributed by atoms with Gasteiger partial charge in [-0.25, -0.2) is 4.98 Å². The Labute approximate surface area is 189 Å². The van der Waals surface area contributed by atoms with E-state index in [2.05, 4.69) is 10.1 Å². The van der Waals surface area contributed by atoms with E-state index in [-0.39, 0.29) is 11.4 Å². The number of anilines is 1. The second-order valence-electron chi connectivity index (χ2n) is 7.84. The zero-order chi connectivity index (χ0) is 22.4. The predicted octanol–water partition coefficient (Wildman–Crippen LogP) is 5.15. The van der Waals surface area contributed by atoms with E-state index < -0.39 is 0 Å². The molecule has 0 amide bonds. The molecule has 3 aromatic heterocycles. The van der Waals surface area contributed by atoms with Crippen LogP contribution in [-0.4, -0.2) is 19.6 Å². The molecule has 0 radical (unpaired) electrons. The van der Waals surface area contributed by atoms with Crippen LogP contribution in [-0.2, 0) is 0 Å². The van der Waals surface area contributed by atoms with Crippen LogP contribution in [0.2, 0.25) is 0 Å². The summed E-state index contributed by atoms with van der Waals surface area (Å²) < 4.78 is 1.49. The van der Waals surface area contributed by atoms with Crippen molar-refractivity contribution < 1.29 is 0 Å². The molecule has 0 saturated heterocycles. The van der Waals surface area contributed by atoms with E-state index in [1.54, 1.807) is 6.20 Å². The van der Waals surface area contributed by atoms with Crippen molar-refractivity contribution >= 4 is 22.4 Å². The molecule has 3 heterocycles. The van der Waals surface area contributed by atoms with Crippen molar-refractivity contribution in [2.75, 3.05) is 5.73 Å². The normalized spacial score (nSPS) is 11.3. The van der Waals surface area contributed by atoms with Crippen LogP contribution >= 0.6 is 0 Å². The lowest BCUT2D eigenvalue weighted by molar-refractivity contribution is 0.908. The summed E-state index contributed by atoms with van der Waals surface area (Å²) in [5.41, 5.74) is 12.1. The Morgan fingerprint density at radius 2 is 1.48 bits per heavy atom. The number of pyridine rings is 1. The van der Waals surface area contributed by atoms with E-state index in [1.165, 1.54) is 4.52 Å². The fraction of sp³-hybridized carbons (Fsp3) is 0. The van der Waals surface area contributed by atoms with Crippen LogP contribution in [0.1, 0.15) is 0 Å². The Bertz CT molecular complexity index is 1690. The molecule has 0 aliphatic carbocycles. The number of nitrogen functional groups attached to an aromatic ring is 1. The molecule has 0 atom stereocenters. The Balaban J connectivity index is 1.66. The fourth-order valence-corrected chi connectivity index (χ4v) is 4.28. The maximum atomic E-state index is 13.7. The topological polar surface area (TPSA) is 89.1 Å². The van der Waals surface area contributed by atoms with Crippen molar-refractivity contribution in [3.63, 3.8) is 0 Å². The number of aromatic amines is 1. The number of nitrogens with one attached hydrogen (secondary N) is 1. The maximum absolute atomic E-state index is 13.7. The highest BCUT2D eigenvalue weighted by Gasteiger charge is 2.21. The van der Waals surface area contributed by atoms with E-state index in [0.29, 0.717) is 16.8 Å². The number of nitrogens with two attached hydrogens (primary N) is 1. The van der Waals surface area contributed by atoms with Crippen molar-refractivity contribution in [3.8, 4) is 33.5 Å². The Hall–Kier alpha value is -4.71. The van der Waals surface area contributed by atoms with Crippen LogP contribution in [0.3, 0.4) is 0 Å². The minimum absolute atomic E-state index is 0.194. The second kappa shape index (κ2) is 7.46. The zero-order valence-corrected chi connectivity index (χ0v) is 17.6. The number of hydrogen-bond donors (Lipinski definition) is 2. The second-order valence-corrected chi connectivity index (χ2v) is 7.84. The number of nitrogens with zero attached hydrogens (tertiary/aromatic N) is 3. The highest BCUT2D eigenvalue weighted by atomic mass is 16.1. The van der Waals surface area contributed by atoms with Crippen molar-refractivity contribution in [1.82, 2.24) is 19.6 Å². The smallest absolute Gasteiger partial charge is 0.282 e. The summed E-state index contributed by atoms with van der Waals surface area (Å²) in [6.07, 6.45) is 1.74. The largest absolute Gasteiger partial charge is 0.383 e. The molecule has 6 rings (SSSR count). The lowest BCUT2D eigenvalue weighted by Crippen LogP contribution is -2.19. The number of aromatic nitrogens is 4. The van der Waals surface area contributed by atoms with E-state index in [4.69, 9.17) is 10.7 Å². The lowest BCUT2D eigenvalue weighted by Gasteiger charge is -2.07.